The SMILES string of the molecule is CCCCCCCCCCC/C=C/CCCO[C@@H]1[C@@H](O)[C@H](O)CO[C@H]1CO. The summed E-state index contributed by atoms with van der Waals surface area (Å²) in [5, 5.41) is 28.9. The highest BCUT2D eigenvalue weighted by Crippen LogP contribution is 2.19. The quantitative estimate of drug-likeness (QED) is 0.278. The molecule has 0 spiro atoms. The molecule has 1 aliphatic heterocycles. The van der Waals surface area contributed by atoms with Gasteiger partial charge in [0.25, 0.3) is 0 Å². The van der Waals surface area contributed by atoms with E-state index in [1.54, 1.807) is 0 Å². The van der Waals surface area contributed by atoms with Crippen LogP contribution in [0.2, 0.25) is 0 Å². The first-order valence-corrected chi connectivity index (χ1v) is 11.1. The van der Waals surface area contributed by atoms with E-state index in [4.69, 9.17) is 9.47 Å². The minimum Gasteiger partial charge on any atom is -0.394 e. The summed E-state index contributed by atoms with van der Waals surface area (Å²) in [6.07, 6.45) is 16.4. The molecule has 0 aromatic rings. The third kappa shape index (κ3) is 11.2. The van der Waals surface area contributed by atoms with Gasteiger partial charge in [0.05, 0.1) is 13.2 Å². The Labute approximate surface area is 165 Å². The van der Waals surface area contributed by atoms with E-state index in [-0.39, 0.29) is 13.2 Å². The van der Waals surface area contributed by atoms with Crippen LogP contribution in [-0.2, 0) is 9.47 Å². The lowest BCUT2D eigenvalue weighted by Crippen LogP contribution is -2.55. The van der Waals surface area contributed by atoms with Crippen LogP contribution in [0, 0.1) is 0 Å². The van der Waals surface area contributed by atoms with Gasteiger partial charge in [-0.15, -0.1) is 0 Å². The number of aliphatic hydroxyl groups excluding tert-OH is 3. The summed E-state index contributed by atoms with van der Waals surface area (Å²) in [7, 11) is 0. The number of aliphatic hydroxyl groups is 3. The van der Waals surface area contributed by atoms with E-state index in [1.807, 2.05) is 0 Å². The maximum absolute atomic E-state index is 9.97. The van der Waals surface area contributed by atoms with E-state index in [0.717, 1.165) is 19.3 Å². The largest absolute Gasteiger partial charge is 0.394 e. The molecule has 0 amide bonds. The van der Waals surface area contributed by atoms with Gasteiger partial charge >= 0.3 is 0 Å². The Morgan fingerprint density at radius 1 is 0.889 bits per heavy atom. The third-order valence-electron chi connectivity index (χ3n) is 5.22. The molecule has 0 bridgehead atoms. The van der Waals surface area contributed by atoms with Gasteiger partial charge in [0.2, 0.25) is 0 Å². The second kappa shape index (κ2) is 16.5. The minimum absolute atomic E-state index is 0.0356. The number of hydrogen-bond acceptors (Lipinski definition) is 5. The molecule has 0 unspecified atom stereocenters. The van der Waals surface area contributed by atoms with Gasteiger partial charge in [-0.3, -0.25) is 0 Å². The normalized spacial score (nSPS) is 26.1. The van der Waals surface area contributed by atoms with Crippen molar-refractivity contribution in [1.82, 2.24) is 0 Å². The molecule has 0 aliphatic carbocycles. The number of allylic oxidation sites excluding steroid dienone is 2. The maximum Gasteiger partial charge on any atom is 0.114 e. The Bertz CT molecular complexity index is 359. The number of ether oxygens (including phenoxy) is 2. The van der Waals surface area contributed by atoms with Crippen LogP contribution >= 0.6 is 0 Å². The molecule has 27 heavy (non-hydrogen) atoms. The van der Waals surface area contributed by atoms with Gasteiger partial charge in [-0.25, -0.2) is 0 Å². The van der Waals surface area contributed by atoms with Gasteiger partial charge in [-0.05, 0) is 25.7 Å². The molecule has 0 aromatic heterocycles. The first kappa shape index (κ1) is 24.6. The molecular weight excluding hydrogens is 344 g/mol. The van der Waals surface area contributed by atoms with Crippen molar-refractivity contribution in [3.8, 4) is 0 Å². The summed E-state index contributed by atoms with van der Waals surface area (Å²) in [6.45, 7) is 2.56. The van der Waals surface area contributed by atoms with Gasteiger partial charge in [-0.1, -0.05) is 70.4 Å². The zero-order chi connectivity index (χ0) is 19.7. The molecule has 160 valence electrons. The Balaban J connectivity index is 1.94. The van der Waals surface area contributed by atoms with E-state index >= 15 is 0 Å². The lowest BCUT2D eigenvalue weighted by atomic mass is 10.0. The molecule has 1 saturated heterocycles. The van der Waals surface area contributed by atoms with Gasteiger partial charge in [-0.2, -0.15) is 0 Å². The summed E-state index contributed by atoms with van der Waals surface area (Å²) >= 11 is 0. The topological polar surface area (TPSA) is 79.2 Å². The first-order valence-electron chi connectivity index (χ1n) is 11.1. The standard InChI is InChI=1S/C22H42O5/c1-2-3-4-5-6-7-8-9-10-11-12-13-14-15-16-26-22-20(17-23)27-18-19(24)21(22)25/h12-13,19-25H,2-11,14-18H2,1H3/b13-12+/t19-,20+,21+,22+/m1/s1. The Morgan fingerprint density at radius 3 is 2.11 bits per heavy atom. The fourth-order valence-corrected chi connectivity index (χ4v) is 3.45. The molecule has 4 atom stereocenters. The van der Waals surface area contributed by atoms with Crippen LogP contribution in [0.1, 0.15) is 84.0 Å². The minimum atomic E-state index is -1.00. The zero-order valence-electron chi connectivity index (χ0n) is 17.2. The Morgan fingerprint density at radius 2 is 1.48 bits per heavy atom. The van der Waals surface area contributed by atoms with Crippen LogP contribution in [0.25, 0.3) is 0 Å². The number of hydrogen-bond donors (Lipinski definition) is 3. The first-order chi connectivity index (χ1) is 13.2. The van der Waals surface area contributed by atoms with Crippen LogP contribution in [-0.4, -0.2) is 59.6 Å². The monoisotopic (exact) mass is 386 g/mol. The highest BCUT2D eigenvalue weighted by atomic mass is 16.6. The van der Waals surface area contributed by atoms with Crippen molar-refractivity contribution >= 4 is 0 Å². The van der Waals surface area contributed by atoms with E-state index in [9.17, 15) is 15.3 Å². The second-order valence-electron chi connectivity index (χ2n) is 7.68. The predicted molar refractivity (Wildman–Crippen MR) is 109 cm³/mol. The summed E-state index contributed by atoms with van der Waals surface area (Å²) < 4.78 is 10.9. The highest BCUT2D eigenvalue weighted by Gasteiger charge is 2.39. The number of unbranched alkanes of at least 4 members (excludes halogenated alkanes) is 10. The summed E-state index contributed by atoms with van der Waals surface area (Å²) in [6, 6.07) is 0. The molecule has 0 radical (unpaired) electrons. The van der Waals surface area contributed by atoms with Crippen LogP contribution in [0.15, 0.2) is 12.2 Å². The molecule has 3 N–H and O–H groups in total. The molecule has 1 rings (SSSR count). The second-order valence-corrected chi connectivity index (χ2v) is 7.68. The molecule has 1 aliphatic rings. The molecular formula is C22H42O5. The number of rotatable bonds is 16. The van der Waals surface area contributed by atoms with Gasteiger partial charge in [0.1, 0.15) is 24.4 Å². The van der Waals surface area contributed by atoms with E-state index in [2.05, 4.69) is 19.1 Å². The lowest BCUT2D eigenvalue weighted by molar-refractivity contribution is -0.211. The molecule has 5 heteroatoms. The van der Waals surface area contributed by atoms with Gasteiger partial charge < -0.3 is 24.8 Å². The van der Waals surface area contributed by atoms with Crippen molar-refractivity contribution in [1.29, 1.82) is 0 Å². The van der Waals surface area contributed by atoms with Crippen molar-refractivity contribution in [3.63, 3.8) is 0 Å². The fraction of sp³-hybridized carbons (Fsp3) is 0.909. The van der Waals surface area contributed by atoms with E-state index in [0.29, 0.717) is 6.61 Å². The van der Waals surface area contributed by atoms with Crippen LogP contribution in [0.5, 0.6) is 0 Å². The Kier molecular flexibility index (Phi) is 15.0. The van der Waals surface area contributed by atoms with E-state index in [1.165, 1.54) is 57.8 Å². The van der Waals surface area contributed by atoms with Crippen molar-refractivity contribution < 1.29 is 24.8 Å². The summed E-state index contributed by atoms with van der Waals surface area (Å²) in [4.78, 5) is 0. The molecule has 0 aromatic carbocycles. The lowest BCUT2D eigenvalue weighted by Gasteiger charge is -2.37. The molecule has 0 saturated carbocycles. The van der Waals surface area contributed by atoms with Gasteiger partial charge in [0, 0.05) is 6.61 Å². The summed E-state index contributed by atoms with van der Waals surface area (Å²) in [5.74, 6) is 0. The third-order valence-corrected chi connectivity index (χ3v) is 5.22. The average Bonchev–Trinajstić information content (AvgIpc) is 2.68. The highest BCUT2D eigenvalue weighted by molar-refractivity contribution is 4.88. The summed E-state index contributed by atoms with van der Waals surface area (Å²) in [5.41, 5.74) is 0. The maximum atomic E-state index is 9.97. The van der Waals surface area contributed by atoms with Crippen LogP contribution < -0.4 is 0 Å². The van der Waals surface area contributed by atoms with Crippen LogP contribution in [0.4, 0.5) is 0 Å². The fourth-order valence-electron chi connectivity index (χ4n) is 3.45. The van der Waals surface area contributed by atoms with Crippen molar-refractivity contribution in [2.24, 2.45) is 0 Å². The molecule has 1 heterocycles. The van der Waals surface area contributed by atoms with Crippen molar-refractivity contribution in [3.05, 3.63) is 12.2 Å². The van der Waals surface area contributed by atoms with Gasteiger partial charge in [0.15, 0.2) is 0 Å². The van der Waals surface area contributed by atoms with Crippen LogP contribution in [0.3, 0.4) is 0 Å². The zero-order valence-corrected chi connectivity index (χ0v) is 17.2. The van der Waals surface area contributed by atoms with Crippen molar-refractivity contribution in [2.45, 2.75) is 108 Å². The Hall–Kier alpha value is -0.460. The predicted octanol–water partition coefficient (Wildman–Crippen LogP) is 3.74. The smallest absolute Gasteiger partial charge is 0.114 e. The van der Waals surface area contributed by atoms with Crippen molar-refractivity contribution in [2.75, 3.05) is 19.8 Å². The molecule has 5 nitrogen and oxygen atoms in total. The molecule has 1 fully saturated rings. The van der Waals surface area contributed by atoms with E-state index < -0.39 is 24.4 Å². The average molecular weight is 387 g/mol.